The first-order chi connectivity index (χ1) is 12.1. The molecule has 2 aromatic carbocycles. The van der Waals surface area contributed by atoms with Gasteiger partial charge >= 0.3 is 0 Å². The molecule has 4 nitrogen and oxygen atoms in total. The molecule has 1 aliphatic rings. The molecular formula is C21H24N2O2. The van der Waals surface area contributed by atoms with Crippen LogP contribution in [0.4, 0.5) is 5.69 Å². The Balaban J connectivity index is 1.50. The zero-order valence-corrected chi connectivity index (χ0v) is 14.6. The molecule has 2 amide bonds. The molecule has 1 aliphatic heterocycles. The Hall–Kier alpha value is -2.62. The number of amides is 2. The predicted octanol–water partition coefficient (Wildman–Crippen LogP) is 3.48. The summed E-state index contributed by atoms with van der Waals surface area (Å²) in [6, 6.07) is 15.4. The second-order valence-electron chi connectivity index (χ2n) is 6.51. The number of rotatable bonds is 5. The third kappa shape index (κ3) is 4.27. The summed E-state index contributed by atoms with van der Waals surface area (Å²) in [6.45, 7) is 3.37. The number of aryl methyl sites for hydroxylation is 2. The fourth-order valence-electron chi connectivity index (χ4n) is 3.25. The number of hydrogen-bond acceptors (Lipinski definition) is 2. The van der Waals surface area contributed by atoms with Gasteiger partial charge in [0, 0.05) is 30.8 Å². The van der Waals surface area contributed by atoms with Gasteiger partial charge in [0.1, 0.15) is 0 Å². The van der Waals surface area contributed by atoms with Crippen LogP contribution >= 0.6 is 0 Å². The average Bonchev–Trinajstić information content (AvgIpc) is 2.64. The number of nitrogens with zero attached hydrogens (tertiary/aromatic N) is 1. The van der Waals surface area contributed by atoms with Gasteiger partial charge in [0.2, 0.25) is 5.91 Å². The van der Waals surface area contributed by atoms with Gasteiger partial charge in [0.05, 0.1) is 0 Å². The predicted molar refractivity (Wildman–Crippen MR) is 99.9 cm³/mol. The molecule has 1 N–H and O–H groups in total. The maximum atomic E-state index is 12.6. The van der Waals surface area contributed by atoms with Gasteiger partial charge in [0.15, 0.2) is 0 Å². The summed E-state index contributed by atoms with van der Waals surface area (Å²) >= 11 is 0. The van der Waals surface area contributed by atoms with Crippen LogP contribution < -0.4 is 10.2 Å². The molecule has 0 bridgehead atoms. The summed E-state index contributed by atoms with van der Waals surface area (Å²) in [6.07, 6.45) is 3.14. The maximum absolute atomic E-state index is 12.6. The van der Waals surface area contributed by atoms with E-state index in [4.69, 9.17) is 0 Å². The van der Waals surface area contributed by atoms with Crippen molar-refractivity contribution in [2.24, 2.45) is 0 Å². The van der Waals surface area contributed by atoms with Crippen molar-refractivity contribution >= 4 is 17.5 Å². The van der Waals surface area contributed by atoms with Crippen LogP contribution in [0.15, 0.2) is 48.5 Å². The van der Waals surface area contributed by atoms with Gasteiger partial charge in [-0.25, -0.2) is 0 Å². The standard InChI is InChI=1S/C21H24N2O2/c1-16-11-12-19-18(15-16)9-6-14-23(19)20(24)10-5-13-22-21(25)17-7-3-2-4-8-17/h2-4,7-8,11-12,15H,5-6,9-10,13-14H2,1H3,(H,22,25). The summed E-state index contributed by atoms with van der Waals surface area (Å²) in [7, 11) is 0. The molecule has 0 aliphatic carbocycles. The Morgan fingerprint density at radius 3 is 2.72 bits per heavy atom. The highest BCUT2D eigenvalue weighted by Gasteiger charge is 2.22. The molecule has 0 atom stereocenters. The van der Waals surface area contributed by atoms with Crippen molar-refractivity contribution in [1.82, 2.24) is 5.32 Å². The second kappa shape index (κ2) is 7.97. The fourth-order valence-corrected chi connectivity index (χ4v) is 3.25. The lowest BCUT2D eigenvalue weighted by molar-refractivity contribution is -0.118. The van der Waals surface area contributed by atoms with Crippen molar-refractivity contribution in [1.29, 1.82) is 0 Å². The zero-order valence-electron chi connectivity index (χ0n) is 14.6. The highest BCUT2D eigenvalue weighted by Crippen LogP contribution is 2.28. The monoisotopic (exact) mass is 336 g/mol. The van der Waals surface area contributed by atoms with Gasteiger partial charge in [0.25, 0.3) is 5.91 Å². The number of fused-ring (bicyclic) bond motifs is 1. The second-order valence-corrected chi connectivity index (χ2v) is 6.51. The number of nitrogens with one attached hydrogen (secondary N) is 1. The van der Waals surface area contributed by atoms with Crippen molar-refractivity contribution in [2.75, 3.05) is 18.0 Å². The Labute approximate surface area is 148 Å². The zero-order chi connectivity index (χ0) is 17.6. The molecule has 1 heterocycles. The molecule has 4 heteroatoms. The van der Waals surface area contributed by atoms with Gasteiger partial charge in [-0.2, -0.15) is 0 Å². The molecule has 3 rings (SSSR count). The lowest BCUT2D eigenvalue weighted by Gasteiger charge is -2.30. The normalized spacial score (nSPS) is 13.2. The lowest BCUT2D eigenvalue weighted by Crippen LogP contribution is -2.36. The molecule has 0 aromatic heterocycles. The van der Waals surface area contributed by atoms with E-state index >= 15 is 0 Å². The van der Waals surface area contributed by atoms with E-state index in [1.807, 2.05) is 23.1 Å². The average molecular weight is 336 g/mol. The van der Waals surface area contributed by atoms with Crippen LogP contribution in [0.25, 0.3) is 0 Å². The van der Waals surface area contributed by atoms with Crippen molar-refractivity contribution in [3.63, 3.8) is 0 Å². The minimum atomic E-state index is -0.0909. The smallest absolute Gasteiger partial charge is 0.251 e. The third-order valence-electron chi connectivity index (χ3n) is 4.54. The van der Waals surface area contributed by atoms with E-state index < -0.39 is 0 Å². The van der Waals surface area contributed by atoms with E-state index in [-0.39, 0.29) is 11.8 Å². The molecule has 0 unspecified atom stereocenters. The largest absolute Gasteiger partial charge is 0.352 e. The Morgan fingerprint density at radius 2 is 1.92 bits per heavy atom. The Morgan fingerprint density at radius 1 is 1.12 bits per heavy atom. The SMILES string of the molecule is Cc1ccc2c(c1)CCCN2C(=O)CCCNC(=O)c1ccccc1. The fraction of sp³-hybridized carbons (Fsp3) is 0.333. The summed E-state index contributed by atoms with van der Waals surface area (Å²) in [4.78, 5) is 26.5. The van der Waals surface area contributed by atoms with E-state index in [2.05, 4.69) is 30.4 Å². The van der Waals surface area contributed by atoms with Gasteiger partial charge in [-0.3, -0.25) is 9.59 Å². The minimum absolute atomic E-state index is 0.0909. The van der Waals surface area contributed by atoms with E-state index in [0.717, 1.165) is 25.1 Å². The highest BCUT2D eigenvalue weighted by atomic mass is 16.2. The van der Waals surface area contributed by atoms with Crippen LogP contribution in [0.3, 0.4) is 0 Å². The molecule has 0 fully saturated rings. The van der Waals surface area contributed by atoms with Crippen LogP contribution in [-0.2, 0) is 11.2 Å². The van der Waals surface area contributed by atoms with Crippen molar-refractivity contribution in [3.05, 3.63) is 65.2 Å². The van der Waals surface area contributed by atoms with E-state index in [9.17, 15) is 9.59 Å². The Kier molecular flexibility index (Phi) is 5.49. The highest BCUT2D eigenvalue weighted by molar-refractivity contribution is 5.95. The number of carbonyl (C=O) groups is 2. The summed E-state index contributed by atoms with van der Waals surface area (Å²) < 4.78 is 0. The van der Waals surface area contributed by atoms with Crippen molar-refractivity contribution < 1.29 is 9.59 Å². The third-order valence-corrected chi connectivity index (χ3v) is 4.54. The Bertz CT molecular complexity index is 756. The van der Waals surface area contributed by atoms with E-state index in [0.29, 0.717) is 24.9 Å². The van der Waals surface area contributed by atoms with Crippen molar-refractivity contribution in [3.8, 4) is 0 Å². The number of benzene rings is 2. The van der Waals surface area contributed by atoms with Crippen LogP contribution in [0.5, 0.6) is 0 Å². The van der Waals surface area contributed by atoms with Gasteiger partial charge in [-0.05, 0) is 49.9 Å². The van der Waals surface area contributed by atoms with E-state index in [1.165, 1.54) is 11.1 Å². The number of carbonyl (C=O) groups excluding carboxylic acids is 2. The van der Waals surface area contributed by atoms with E-state index in [1.54, 1.807) is 12.1 Å². The van der Waals surface area contributed by atoms with Crippen LogP contribution in [-0.4, -0.2) is 24.9 Å². The minimum Gasteiger partial charge on any atom is -0.352 e. The molecule has 0 saturated heterocycles. The first-order valence-electron chi connectivity index (χ1n) is 8.88. The summed E-state index contributed by atoms with van der Waals surface area (Å²) in [5.74, 6) is 0.0469. The molecule has 0 saturated carbocycles. The topological polar surface area (TPSA) is 49.4 Å². The van der Waals surface area contributed by atoms with Crippen LogP contribution in [0.1, 0.15) is 40.7 Å². The first kappa shape index (κ1) is 17.2. The lowest BCUT2D eigenvalue weighted by atomic mass is 9.99. The van der Waals surface area contributed by atoms with Crippen LogP contribution in [0.2, 0.25) is 0 Å². The molecule has 2 aromatic rings. The molecule has 0 radical (unpaired) electrons. The van der Waals surface area contributed by atoms with Gasteiger partial charge < -0.3 is 10.2 Å². The molecular weight excluding hydrogens is 312 g/mol. The molecule has 0 spiro atoms. The van der Waals surface area contributed by atoms with Crippen molar-refractivity contribution in [2.45, 2.75) is 32.6 Å². The molecule has 25 heavy (non-hydrogen) atoms. The summed E-state index contributed by atoms with van der Waals surface area (Å²) in [5, 5.41) is 2.87. The van der Waals surface area contributed by atoms with Gasteiger partial charge in [-0.15, -0.1) is 0 Å². The first-order valence-corrected chi connectivity index (χ1v) is 8.88. The van der Waals surface area contributed by atoms with Gasteiger partial charge in [-0.1, -0.05) is 35.9 Å². The number of anilines is 1. The maximum Gasteiger partial charge on any atom is 0.251 e. The summed E-state index contributed by atoms with van der Waals surface area (Å²) in [5.41, 5.74) is 4.19. The number of hydrogen-bond donors (Lipinski definition) is 1. The van der Waals surface area contributed by atoms with Crippen LogP contribution in [0, 0.1) is 6.92 Å². The molecule has 130 valence electrons. The quantitative estimate of drug-likeness (QED) is 0.850.